The Bertz CT molecular complexity index is 895. The molecule has 0 aliphatic heterocycles. The third-order valence-corrected chi connectivity index (χ3v) is 3.46. The average molecular weight is 299 g/mol. The number of furan rings is 1. The molecule has 3 aromatic heterocycles. The minimum atomic E-state index is 0.206. The van der Waals surface area contributed by atoms with Crippen molar-refractivity contribution in [3.05, 3.63) is 53.6 Å². The molecular formula is C15H11ClN4O. The lowest BCUT2D eigenvalue weighted by Crippen LogP contribution is -2.01. The van der Waals surface area contributed by atoms with Crippen LogP contribution in [0.2, 0.25) is 5.28 Å². The molecule has 0 saturated heterocycles. The number of nitrogens with one attached hydrogen (secondary N) is 2. The van der Waals surface area contributed by atoms with Crippen LogP contribution in [0.25, 0.3) is 22.0 Å². The van der Waals surface area contributed by atoms with Crippen LogP contribution in [-0.2, 0) is 6.54 Å². The van der Waals surface area contributed by atoms with E-state index in [4.69, 9.17) is 16.0 Å². The summed E-state index contributed by atoms with van der Waals surface area (Å²) in [6, 6.07) is 11.8. The Kier molecular flexibility index (Phi) is 2.79. The summed E-state index contributed by atoms with van der Waals surface area (Å²) >= 11 is 5.92. The van der Waals surface area contributed by atoms with Gasteiger partial charge in [-0.2, -0.15) is 4.98 Å². The highest BCUT2D eigenvalue weighted by Gasteiger charge is 2.09. The Morgan fingerprint density at radius 1 is 1.19 bits per heavy atom. The zero-order valence-electron chi connectivity index (χ0n) is 10.9. The molecule has 3 heterocycles. The molecule has 0 aliphatic rings. The summed E-state index contributed by atoms with van der Waals surface area (Å²) in [5, 5.41) is 5.43. The lowest BCUT2D eigenvalue weighted by atomic mass is 10.2. The average Bonchev–Trinajstić information content (AvgIpc) is 3.10. The molecule has 0 unspecified atom stereocenters. The van der Waals surface area contributed by atoms with Crippen molar-refractivity contribution in [2.24, 2.45) is 0 Å². The summed E-state index contributed by atoms with van der Waals surface area (Å²) in [7, 11) is 0. The molecule has 21 heavy (non-hydrogen) atoms. The van der Waals surface area contributed by atoms with Gasteiger partial charge in [0.2, 0.25) is 5.28 Å². The maximum Gasteiger partial charge on any atom is 0.226 e. The van der Waals surface area contributed by atoms with Crippen LogP contribution in [0.15, 0.2) is 47.0 Å². The molecule has 4 rings (SSSR count). The number of fused-ring (bicyclic) bond motifs is 2. The zero-order chi connectivity index (χ0) is 14.2. The molecule has 4 aromatic rings. The van der Waals surface area contributed by atoms with Gasteiger partial charge in [-0.15, -0.1) is 0 Å². The number of hydrogen-bond donors (Lipinski definition) is 2. The summed E-state index contributed by atoms with van der Waals surface area (Å²) in [4.78, 5) is 11.4. The molecule has 5 nitrogen and oxygen atoms in total. The monoisotopic (exact) mass is 298 g/mol. The van der Waals surface area contributed by atoms with Crippen LogP contribution in [0.4, 0.5) is 5.82 Å². The lowest BCUT2D eigenvalue weighted by Gasteiger charge is -2.05. The van der Waals surface area contributed by atoms with Gasteiger partial charge in [0.15, 0.2) is 0 Å². The fraction of sp³-hybridized carbons (Fsp3) is 0.0667. The standard InChI is InChI=1S/C15H11ClN4O/c16-15-19-13-11(5-6-17-13)14(20-15)18-8-10-7-9-3-1-2-4-12(9)21-10/h1-7H,8H2,(H2,17,18,19,20). The second-order valence-corrected chi connectivity index (χ2v) is 5.02. The zero-order valence-corrected chi connectivity index (χ0v) is 11.7. The van der Waals surface area contributed by atoms with E-state index >= 15 is 0 Å². The molecule has 0 saturated carbocycles. The number of benzene rings is 1. The van der Waals surface area contributed by atoms with Crippen molar-refractivity contribution in [3.8, 4) is 0 Å². The fourth-order valence-corrected chi connectivity index (χ4v) is 2.51. The molecule has 0 radical (unpaired) electrons. The van der Waals surface area contributed by atoms with E-state index in [0.29, 0.717) is 18.0 Å². The van der Waals surface area contributed by atoms with Gasteiger partial charge in [0.25, 0.3) is 0 Å². The first-order valence-corrected chi connectivity index (χ1v) is 6.89. The van der Waals surface area contributed by atoms with E-state index in [-0.39, 0.29) is 5.28 Å². The number of halogens is 1. The largest absolute Gasteiger partial charge is 0.459 e. The van der Waals surface area contributed by atoms with Crippen molar-refractivity contribution in [1.82, 2.24) is 15.0 Å². The molecule has 2 N–H and O–H groups in total. The molecule has 0 atom stereocenters. The van der Waals surface area contributed by atoms with Crippen molar-refractivity contribution in [2.45, 2.75) is 6.54 Å². The van der Waals surface area contributed by atoms with E-state index in [0.717, 1.165) is 22.1 Å². The van der Waals surface area contributed by atoms with E-state index in [2.05, 4.69) is 20.3 Å². The van der Waals surface area contributed by atoms with Gasteiger partial charge in [0.05, 0.1) is 11.9 Å². The van der Waals surface area contributed by atoms with Gasteiger partial charge in [-0.05, 0) is 29.8 Å². The van der Waals surface area contributed by atoms with Crippen LogP contribution in [0.3, 0.4) is 0 Å². The first-order chi connectivity index (χ1) is 10.3. The van der Waals surface area contributed by atoms with E-state index in [1.165, 1.54) is 0 Å². The Morgan fingerprint density at radius 3 is 3.00 bits per heavy atom. The normalized spacial score (nSPS) is 11.3. The van der Waals surface area contributed by atoms with Gasteiger partial charge < -0.3 is 14.7 Å². The van der Waals surface area contributed by atoms with Crippen LogP contribution in [0, 0.1) is 0 Å². The number of anilines is 1. The Balaban J connectivity index is 1.64. The Hall–Kier alpha value is -2.53. The van der Waals surface area contributed by atoms with Crippen LogP contribution < -0.4 is 5.32 Å². The summed E-state index contributed by atoms with van der Waals surface area (Å²) in [5.41, 5.74) is 1.59. The van der Waals surface area contributed by atoms with Crippen LogP contribution in [0.5, 0.6) is 0 Å². The number of nitrogens with zero attached hydrogens (tertiary/aromatic N) is 2. The van der Waals surface area contributed by atoms with E-state index in [9.17, 15) is 0 Å². The van der Waals surface area contributed by atoms with E-state index in [1.807, 2.05) is 42.6 Å². The summed E-state index contributed by atoms with van der Waals surface area (Å²) < 4.78 is 5.77. The lowest BCUT2D eigenvalue weighted by molar-refractivity contribution is 0.559. The maximum absolute atomic E-state index is 5.92. The van der Waals surface area contributed by atoms with Gasteiger partial charge in [0.1, 0.15) is 22.8 Å². The number of H-pyrrole nitrogens is 1. The number of aromatic nitrogens is 3. The van der Waals surface area contributed by atoms with Gasteiger partial charge in [-0.1, -0.05) is 18.2 Å². The SMILES string of the molecule is Clc1nc(NCc2cc3ccccc3o2)c2cc[nH]c2n1. The van der Waals surface area contributed by atoms with Gasteiger partial charge in [0, 0.05) is 11.6 Å². The first-order valence-electron chi connectivity index (χ1n) is 6.51. The summed E-state index contributed by atoms with van der Waals surface area (Å²) in [6.07, 6.45) is 1.81. The predicted octanol–water partition coefficient (Wildman–Crippen LogP) is 3.97. The topological polar surface area (TPSA) is 66.7 Å². The van der Waals surface area contributed by atoms with Crippen molar-refractivity contribution >= 4 is 39.4 Å². The van der Waals surface area contributed by atoms with E-state index in [1.54, 1.807) is 0 Å². The van der Waals surface area contributed by atoms with Crippen molar-refractivity contribution in [3.63, 3.8) is 0 Å². The minimum absolute atomic E-state index is 0.206. The van der Waals surface area contributed by atoms with Crippen molar-refractivity contribution in [2.75, 3.05) is 5.32 Å². The molecule has 0 spiro atoms. The van der Waals surface area contributed by atoms with Crippen molar-refractivity contribution < 1.29 is 4.42 Å². The van der Waals surface area contributed by atoms with Gasteiger partial charge >= 0.3 is 0 Å². The van der Waals surface area contributed by atoms with E-state index < -0.39 is 0 Å². The van der Waals surface area contributed by atoms with Crippen LogP contribution in [-0.4, -0.2) is 15.0 Å². The Labute approximate surface area is 125 Å². The second-order valence-electron chi connectivity index (χ2n) is 4.69. The molecule has 1 aromatic carbocycles. The minimum Gasteiger partial charge on any atom is -0.459 e. The third kappa shape index (κ3) is 2.21. The molecule has 104 valence electrons. The number of aromatic amines is 1. The highest BCUT2D eigenvalue weighted by molar-refractivity contribution is 6.28. The molecule has 0 fully saturated rings. The highest BCUT2D eigenvalue weighted by atomic mass is 35.5. The number of hydrogen-bond acceptors (Lipinski definition) is 4. The summed E-state index contributed by atoms with van der Waals surface area (Å²) in [6.45, 7) is 0.530. The maximum atomic E-state index is 5.92. The molecule has 0 amide bonds. The third-order valence-electron chi connectivity index (χ3n) is 3.30. The molecule has 0 bridgehead atoms. The molecule has 0 aliphatic carbocycles. The predicted molar refractivity (Wildman–Crippen MR) is 82.4 cm³/mol. The summed E-state index contributed by atoms with van der Waals surface area (Å²) in [5.74, 6) is 1.53. The van der Waals surface area contributed by atoms with Crippen LogP contribution >= 0.6 is 11.6 Å². The first kappa shape index (κ1) is 12.2. The quantitative estimate of drug-likeness (QED) is 0.562. The fourth-order valence-electron chi connectivity index (χ4n) is 2.34. The van der Waals surface area contributed by atoms with Gasteiger partial charge in [-0.3, -0.25) is 0 Å². The van der Waals surface area contributed by atoms with Crippen LogP contribution in [0.1, 0.15) is 5.76 Å². The van der Waals surface area contributed by atoms with Crippen molar-refractivity contribution in [1.29, 1.82) is 0 Å². The smallest absolute Gasteiger partial charge is 0.226 e. The Morgan fingerprint density at radius 2 is 2.10 bits per heavy atom. The molecule has 6 heteroatoms. The highest BCUT2D eigenvalue weighted by Crippen LogP contribution is 2.23. The second kappa shape index (κ2) is 4.79. The number of para-hydroxylation sites is 1. The molecular weight excluding hydrogens is 288 g/mol. The number of rotatable bonds is 3. The van der Waals surface area contributed by atoms with Gasteiger partial charge in [-0.25, -0.2) is 4.98 Å².